The largest absolute Gasteiger partial charge is 0.482 e. The van der Waals surface area contributed by atoms with Gasteiger partial charge < -0.3 is 82.9 Å². The number of hydrogen-bond acceptors (Lipinski definition) is 25. The van der Waals surface area contributed by atoms with Crippen LogP contribution in [0.5, 0.6) is 0 Å². The van der Waals surface area contributed by atoms with Crippen LogP contribution in [0.4, 0.5) is 0 Å². The lowest BCUT2D eigenvalue weighted by Crippen LogP contribution is -2.40. The number of aliphatic imine (C=N–C) groups is 2. The fraction of sp³-hybridized carbons (Fsp3) is 0.892. The first-order valence-corrected chi connectivity index (χ1v) is 42.5. The van der Waals surface area contributed by atoms with E-state index in [9.17, 15) is 21.6 Å². The van der Waals surface area contributed by atoms with E-state index in [1.165, 1.54) is 215 Å². The molecule has 1 amide bonds. The Morgan fingerprint density at radius 1 is 0.441 bits per heavy atom. The van der Waals surface area contributed by atoms with Gasteiger partial charge in [-0.15, -0.1) is 23.5 Å². The van der Waals surface area contributed by atoms with E-state index in [1.807, 2.05) is 35.3 Å². The summed E-state index contributed by atoms with van der Waals surface area (Å²) in [6.07, 6.45) is 30.1. The Hall–Kier alpha value is -1.68. The number of morpholine rings is 1. The van der Waals surface area contributed by atoms with Gasteiger partial charge in [0.2, 0.25) is 5.91 Å². The van der Waals surface area contributed by atoms with Crippen LogP contribution >= 0.6 is 35.3 Å². The van der Waals surface area contributed by atoms with Crippen molar-refractivity contribution < 1.29 is 35.8 Å². The molecule has 16 heterocycles. The third-order valence-electron chi connectivity index (χ3n) is 14.7. The fourth-order valence-electron chi connectivity index (χ4n) is 9.09. The standard InChI is InChI=1S/C5H12N2.2C5H11N.C5H8S.C4H9NO2S.C4H9NO.C4H7NO.C4H9NS.2C4H9N.C4H7N.C4H8O2S.C4H8O.C3H6N2.C3H5NO.C3H7NS/c1-7-4-2-6-3-5-7;2*1-2-4-6-5-3-1;1-5-3-2-4-6-5;6-8(7)3-1-5-2-4-8;1-3-6-4-2-5-1;6-4-2-1-3-5-4;1-3-6-4-2-5-1;3*1-2-4-5-3-1;5-7(6)3-1-2-4-7;1-2-4-5-3-1;3*1-2-5-3-4-1/h6H,2-5H2,1H3;2*6H,1-5H2;1-4H2;5H,1-4H2;5H,1-4H2;1-3H2,(H,5,6);5H,1-4H2;2*5H,1-4H2;1-2,5H,3-4H2;1-4H2;1-4H2;3H,1-2H2,(H,4,5);3H,1-2H2;4H,1-3H2. The summed E-state index contributed by atoms with van der Waals surface area (Å²) in [5.41, 5.74) is 0. The van der Waals surface area contributed by atoms with Gasteiger partial charge in [0.15, 0.2) is 16.2 Å². The van der Waals surface area contributed by atoms with E-state index < -0.39 is 19.7 Å². The molecule has 93 heavy (non-hydrogen) atoms. The van der Waals surface area contributed by atoms with Gasteiger partial charge in [-0.25, -0.2) is 16.8 Å². The number of amides is 1. The van der Waals surface area contributed by atoms with Crippen molar-refractivity contribution in [1.29, 1.82) is 0 Å². The van der Waals surface area contributed by atoms with E-state index >= 15 is 0 Å². The van der Waals surface area contributed by atoms with Gasteiger partial charge in [0.05, 0.1) is 55.7 Å². The Kier molecular flexibility index (Phi) is 68.8. The number of carbonyl (C=O) groups excluding carboxylic acids is 1. The Labute approximate surface area is 579 Å². The first-order valence-electron chi connectivity index (χ1n) is 35.6. The number of ether oxygens (including phenoxy) is 3. The van der Waals surface area contributed by atoms with E-state index in [0.717, 1.165) is 124 Å². The summed E-state index contributed by atoms with van der Waals surface area (Å²) in [4.78, 5) is 21.4. The molecule has 16 aliphatic heterocycles. The summed E-state index contributed by atoms with van der Waals surface area (Å²) in [5.74, 6) is 8.06. The summed E-state index contributed by atoms with van der Waals surface area (Å²) in [6, 6.07) is 0. The molecule has 12 N–H and O–H groups in total. The van der Waals surface area contributed by atoms with Crippen molar-refractivity contribution in [2.24, 2.45) is 9.98 Å². The Morgan fingerprint density at radius 2 is 0.935 bits per heavy atom. The smallest absolute Gasteiger partial charge is 0.220 e. The van der Waals surface area contributed by atoms with Crippen LogP contribution in [0.3, 0.4) is 0 Å². The Morgan fingerprint density at radius 3 is 1.11 bits per heavy atom. The quantitative estimate of drug-likeness (QED) is 0.154. The second kappa shape index (κ2) is 71.6. The predicted octanol–water partition coefficient (Wildman–Crippen LogP) is 3.72. The molecule has 548 valence electrons. The molecule has 23 nitrogen and oxygen atoms in total. The number of nitrogens with one attached hydrogen (secondary N) is 12. The average Bonchev–Trinajstić information content (AvgIpc) is 4.61. The summed E-state index contributed by atoms with van der Waals surface area (Å²) in [7, 11) is -3.04. The number of piperazine rings is 1. The third kappa shape index (κ3) is 72.9. The highest BCUT2D eigenvalue weighted by Gasteiger charge is 2.16. The molecule has 13 fully saturated rings. The predicted molar refractivity (Wildman–Crippen MR) is 402 cm³/mol. The highest BCUT2D eigenvalue weighted by atomic mass is 32.2. The van der Waals surface area contributed by atoms with Crippen molar-refractivity contribution in [1.82, 2.24) is 68.7 Å². The number of carbonyl (C=O) groups is 1. The van der Waals surface area contributed by atoms with Gasteiger partial charge in [-0.3, -0.25) is 14.8 Å². The Balaban J connectivity index is 0.000000497. The van der Waals surface area contributed by atoms with E-state index in [-0.39, 0.29) is 5.91 Å². The van der Waals surface area contributed by atoms with Gasteiger partial charge in [0, 0.05) is 141 Å². The maximum Gasteiger partial charge on any atom is 0.220 e. The summed E-state index contributed by atoms with van der Waals surface area (Å²) in [6.45, 7) is 35.9. The normalized spacial score (nSPS) is 23.7. The van der Waals surface area contributed by atoms with E-state index in [0.29, 0.717) is 36.1 Å². The molecule has 0 aromatic carbocycles. The van der Waals surface area contributed by atoms with Gasteiger partial charge in [0.1, 0.15) is 16.4 Å². The highest BCUT2D eigenvalue weighted by molar-refractivity contribution is 8.03. The minimum absolute atomic E-state index is 0.204. The van der Waals surface area contributed by atoms with Crippen LogP contribution in [0.1, 0.15) is 116 Å². The van der Waals surface area contributed by atoms with Crippen molar-refractivity contribution in [2.45, 2.75) is 116 Å². The van der Waals surface area contributed by atoms with Crippen LogP contribution in [0.15, 0.2) is 33.6 Å². The maximum absolute atomic E-state index is 10.6. The van der Waals surface area contributed by atoms with Gasteiger partial charge >= 0.3 is 0 Å². The molecule has 0 bridgehead atoms. The molecule has 0 atom stereocenters. The lowest BCUT2D eigenvalue weighted by Gasteiger charge is -2.21. The van der Waals surface area contributed by atoms with Crippen LogP contribution < -0.4 is 63.8 Å². The van der Waals surface area contributed by atoms with Crippen LogP contribution in [0, 0.1) is 0 Å². The number of sulfone groups is 2. The van der Waals surface area contributed by atoms with Gasteiger partial charge in [0.25, 0.3) is 0 Å². The molecular weight excluding hydrogens is 1280 g/mol. The highest BCUT2D eigenvalue weighted by Crippen LogP contribution is 2.27. The van der Waals surface area contributed by atoms with Crippen molar-refractivity contribution in [3.05, 3.63) is 23.6 Å². The number of piperidine rings is 2. The average molecular weight is 1420 g/mol. The van der Waals surface area contributed by atoms with E-state index in [1.54, 1.807) is 6.34 Å². The monoisotopic (exact) mass is 1410 g/mol. The van der Waals surface area contributed by atoms with Crippen LogP contribution in [0.2, 0.25) is 0 Å². The van der Waals surface area contributed by atoms with Crippen molar-refractivity contribution in [3.8, 4) is 0 Å². The molecule has 0 radical (unpaired) electrons. The summed E-state index contributed by atoms with van der Waals surface area (Å²) >= 11 is 5.90. The van der Waals surface area contributed by atoms with E-state index in [2.05, 4.69) is 109 Å². The number of nitrogens with zero attached hydrogens (tertiary/aromatic N) is 3. The molecular formula is C65H135N15O8S5. The number of rotatable bonds is 0. The number of allylic oxidation sites excluding steroid dienone is 1. The molecule has 16 rings (SSSR count). The molecule has 0 aromatic heterocycles. The lowest BCUT2D eigenvalue weighted by atomic mass is 10.2. The van der Waals surface area contributed by atoms with Crippen LogP contribution in [-0.2, 0) is 38.7 Å². The SMILES string of the molecule is C1=CCNC1.C1=NCCN1.C1=NCCO1.C1CCNC1.C1CCNC1.C1CCNCC1.C1CCNCC1.C1CCOC1.C1COCCN1.C1CSCCN1.C1CSCN1.C=C1CCCS1.CN1CCNCC1.O=C1CCCN1.O=S1(=O)CCCC1.O=S1(=O)CCNCC1. The molecule has 16 aliphatic rings. The first kappa shape index (κ1) is 89.3. The van der Waals surface area contributed by atoms with Crippen LogP contribution in [0.25, 0.3) is 0 Å². The minimum Gasteiger partial charge on any atom is -0.482 e. The summed E-state index contributed by atoms with van der Waals surface area (Å²) < 4.78 is 56.7. The zero-order chi connectivity index (χ0) is 67.0. The molecule has 0 spiro atoms. The van der Waals surface area contributed by atoms with Gasteiger partial charge in [-0.2, -0.15) is 11.8 Å². The van der Waals surface area contributed by atoms with Gasteiger partial charge in [-0.05, 0) is 166 Å². The lowest BCUT2D eigenvalue weighted by molar-refractivity contribution is -0.119. The third-order valence-corrected chi connectivity index (χ3v) is 21.2. The van der Waals surface area contributed by atoms with E-state index in [4.69, 9.17) is 9.47 Å². The molecule has 28 heteroatoms. The molecule has 0 aliphatic carbocycles. The number of thioether (sulfide) groups is 3. The Bertz CT molecular complexity index is 1640. The van der Waals surface area contributed by atoms with Crippen LogP contribution in [-0.4, -0.2) is 296 Å². The first-order chi connectivity index (χ1) is 45.6. The van der Waals surface area contributed by atoms with Gasteiger partial charge in [-0.1, -0.05) is 31.6 Å². The number of likely N-dealkylation sites (N-methyl/N-ethyl adjacent to an activating group) is 1. The molecule has 0 aromatic rings. The zero-order valence-electron chi connectivity index (χ0n) is 58.0. The van der Waals surface area contributed by atoms with Crippen molar-refractivity contribution >= 4 is 73.6 Å². The second-order valence-electron chi connectivity index (χ2n) is 23.4. The molecule has 13 saturated heterocycles. The minimum atomic E-state index is -2.65. The number of hydrogen-bond donors (Lipinski definition) is 12. The zero-order valence-corrected chi connectivity index (χ0v) is 62.1. The maximum atomic E-state index is 10.6. The molecule has 0 unspecified atom stereocenters. The topological polar surface area (TPSA) is 285 Å². The van der Waals surface area contributed by atoms with Crippen molar-refractivity contribution in [2.75, 3.05) is 256 Å². The molecule has 0 saturated carbocycles. The summed E-state index contributed by atoms with van der Waals surface area (Å²) in [5, 5.41) is 37.6. The fourth-order valence-corrected chi connectivity index (χ4v) is 14.1. The van der Waals surface area contributed by atoms with Crippen molar-refractivity contribution in [3.63, 3.8) is 0 Å². The second-order valence-corrected chi connectivity index (χ2v) is 31.6.